The van der Waals surface area contributed by atoms with Gasteiger partial charge in [-0.15, -0.1) is 11.8 Å². The second-order valence-corrected chi connectivity index (χ2v) is 4.70. The molecule has 108 valence electrons. The van der Waals surface area contributed by atoms with E-state index in [1.165, 1.54) is 0 Å². The number of ether oxygens (including phenoxy) is 4. The summed E-state index contributed by atoms with van der Waals surface area (Å²) in [6, 6.07) is 5.83. The summed E-state index contributed by atoms with van der Waals surface area (Å²) in [7, 11) is 3.28. The summed E-state index contributed by atoms with van der Waals surface area (Å²) in [5, 5.41) is 0. The fraction of sp³-hybridized carbons (Fsp3) is 0.571. The third-order valence-corrected chi connectivity index (χ3v) is 3.52. The Hall–Kier alpha value is -0.910. The molecule has 0 aliphatic carbocycles. The molecule has 1 aromatic carbocycles. The first-order valence-electron chi connectivity index (χ1n) is 6.33. The van der Waals surface area contributed by atoms with Crippen LogP contribution in [0.5, 0.6) is 11.5 Å². The smallest absolute Gasteiger partial charge is 0.174 e. The van der Waals surface area contributed by atoms with E-state index in [0.29, 0.717) is 19.0 Å². The Kier molecular flexibility index (Phi) is 7.70. The van der Waals surface area contributed by atoms with E-state index >= 15 is 0 Å². The molecular weight excluding hydrogens is 264 g/mol. The lowest BCUT2D eigenvalue weighted by Gasteiger charge is -2.17. The zero-order valence-corrected chi connectivity index (χ0v) is 12.8. The molecule has 0 aliphatic heterocycles. The van der Waals surface area contributed by atoms with Gasteiger partial charge in [-0.2, -0.15) is 0 Å². The maximum atomic E-state index is 5.52. The van der Waals surface area contributed by atoms with Gasteiger partial charge in [-0.3, -0.25) is 0 Å². The van der Waals surface area contributed by atoms with Crippen molar-refractivity contribution < 1.29 is 18.9 Å². The van der Waals surface area contributed by atoms with Gasteiger partial charge in [-0.25, -0.2) is 0 Å². The first-order chi connectivity index (χ1) is 9.26. The number of para-hydroxylation sites is 1. The average molecular weight is 286 g/mol. The van der Waals surface area contributed by atoms with Gasteiger partial charge in [0.05, 0.1) is 19.1 Å². The highest BCUT2D eigenvalue weighted by Crippen LogP contribution is 2.37. The highest BCUT2D eigenvalue weighted by Gasteiger charge is 2.13. The second-order valence-electron chi connectivity index (χ2n) is 3.64. The zero-order chi connectivity index (χ0) is 14.1. The largest absolute Gasteiger partial charge is 0.493 e. The van der Waals surface area contributed by atoms with Gasteiger partial charge in [-0.05, 0) is 26.0 Å². The molecule has 0 radical (unpaired) electrons. The van der Waals surface area contributed by atoms with Gasteiger partial charge in [0.25, 0.3) is 0 Å². The molecule has 0 aromatic heterocycles. The first kappa shape index (κ1) is 16.1. The van der Waals surface area contributed by atoms with E-state index in [9.17, 15) is 0 Å². The molecule has 0 spiro atoms. The minimum Gasteiger partial charge on any atom is -0.493 e. The maximum Gasteiger partial charge on any atom is 0.174 e. The average Bonchev–Trinajstić information content (AvgIpc) is 2.44. The second kappa shape index (κ2) is 9.07. The van der Waals surface area contributed by atoms with E-state index in [2.05, 4.69) is 0 Å². The van der Waals surface area contributed by atoms with Crippen molar-refractivity contribution in [3.8, 4) is 11.5 Å². The molecule has 0 atom stereocenters. The Morgan fingerprint density at radius 1 is 1.05 bits per heavy atom. The number of hydrogen-bond donors (Lipinski definition) is 0. The Labute approximate surface area is 119 Å². The monoisotopic (exact) mass is 286 g/mol. The van der Waals surface area contributed by atoms with Crippen LogP contribution in [0.4, 0.5) is 0 Å². The van der Waals surface area contributed by atoms with Crippen LogP contribution in [0.1, 0.15) is 13.8 Å². The van der Waals surface area contributed by atoms with E-state index in [-0.39, 0.29) is 6.29 Å². The predicted octanol–water partition coefficient (Wildman–Crippen LogP) is 3.20. The summed E-state index contributed by atoms with van der Waals surface area (Å²) < 4.78 is 21.7. The molecule has 0 saturated carbocycles. The van der Waals surface area contributed by atoms with Crippen molar-refractivity contribution in [3.63, 3.8) is 0 Å². The molecule has 5 heteroatoms. The van der Waals surface area contributed by atoms with Gasteiger partial charge >= 0.3 is 0 Å². The maximum absolute atomic E-state index is 5.52. The summed E-state index contributed by atoms with van der Waals surface area (Å²) in [6.45, 7) is 5.20. The number of thioether (sulfide) groups is 1. The van der Waals surface area contributed by atoms with Crippen molar-refractivity contribution in [2.45, 2.75) is 25.0 Å². The summed E-state index contributed by atoms with van der Waals surface area (Å²) in [5.41, 5.74) is 0. The normalized spacial score (nSPS) is 10.8. The van der Waals surface area contributed by atoms with Gasteiger partial charge in [0.15, 0.2) is 17.8 Å². The highest BCUT2D eigenvalue weighted by atomic mass is 32.2. The van der Waals surface area contributed by atoms with Crippen LogP contribution in [-0.2, 0) is 9.47 Å². The number of hydrogen-bond acceptors (Lipinski definition) is 5. The topological polar surface area (TPSA) is 36.9 Å². The number of rotatable bonds is 9. The molecule has 0 unspecified atom stereocenters. The summed E-state index contributed by atoms with van der Waals surface area (Å²) >= 11 is 1.63. The van der Waals surface area contributed by atoms with Crippen LogP contribution in [0.2, 0.25) is 0 Å². The standard InChI is InChI=1S/C14H22O4S/c1-5-17-13(18-6-2)10-19-12-9-7-8-11(15-3)14(12)16-4/h7-9,13H,5-6,10H2,1-4H3. The molecule has 0 amide bonds. The SMILES string of the molecule is CCOC(CSc1cccc(OC)c1OC)OCC. The molecule has 0 saturated heterocycles. The molecule has 0 fully saturated rings. The minimum absolute atomic E-state index is 0.198. The van der Waals surface area contributed by atoms with E-state index in [0.717, 1.165) is 16.4 Å². The fourth-order valence-corrected chi connectivity index (χ4v) is 2.64. The van der Waals surface area contributed by atoms with Crippen molar-refractivity contribution in [2.75, 3.05) is 33.2 Å². The Morgan fingerprint density at radius 2 is 1.74 bits per heavy atom. The quantitative estimate of drug-likeness (QED) is 0.515. The summed E-state index contributed by atoms with van der Waals surface area (Å²) in [6.07, 6.45) is -0.198. The third kappa shape index (κ3) is 4.93. The Morgan fingerprint density at radius 3 is 2.26 bits per heavy atom. The van der Waals surface area contributed by atoms with Crippen molar-refractivity contribution >= 4 is 11.8 Å². The third-order valence-electron chi connectivity index (χ3n) is 2.45. The molecule has 0 heterocycles. The van der Waals surface area contributed by atoms with Crippen LogP contribution in [-0.4, -0.2) is 39.5 Å². The molecule has 0 aliphatic rings. The molecule has 19 heavy (non-hydrogen) atoms. The lowest BCUT2D eigenvalue weighted by Crippen LogP contribution is -2.20. The summed E-state index contributed by atoms with van der Waals surface area (Å²) in [4.78, 5) is 1.02. The van der Waals surface area contributed by atoms with Crippen LogP contribution in [0.15, 0.2) is 23.1 Å². The molecule has 4 nitrogen and oxygen atoms in total. The van der Waals surface area contributed by atoms with E-state index < -0.39 is 0 Å². The van der Waals surface area contributed by atoms with Gasteiger partial charge in [0, 0.05) is 19.0 Å². The van der Waals surface area contributed by atoms with Crippen molar-refractivity contribution in [2.24, 2.45) is 0 Å². The minimum atomic E-state index is -0.198. The lowest BCUT2D eigenvalue weighted by atomic mass is 10.3. The molecule has 0 N–H and O–H groups in total. The zero-order valence-electron chi connectivity index (χ0n) is 12.0. The predicted molar refractivity (Wildman–Crippen MR) is 77.3 cm³/mol. The van der Waals surface area contributed by atoms with Crippen LogP contribution < -0.4 is 9.47 Å². The molecule has 1 rings (SSSR count). The molecular formula is C14H22O4S. The van der Waals surface area contributed by atoms with Crippen LogP contribution in [0, 0.1) is 0 Å². The van der Waals surface area contributed by atoms with Gasteiger partial charge in [0.2, 0.25) is 0 Å². The van der Waals surface area contributed by atoms with E-state index in [4.69, 9.17) is 18.9 Å². The van der Waals surface area contributed by atoms with Crippen LogP contribution in [0.3, 0.4) is 0 Å². The highest BCUT2D eigenvalue weighted by molar-refractivity contribution is 7.99. The van der Waals surface area contributed by atoms with Crippen molar-refractivity contribution in [1.29, 1.82) is 0 Å². The van der Waals surface area contributed by atoms with Gasteiger partial charge < -0.3 is 18.9 Å². The van der Waals surface area contributed by atoms with Gasteiger partial charge in [-0.1, -0.05) is 6.07 Å². The fourth-order valence-electron chi connectivity index (χ4n) is 1.65. The Bertz CT molecular complexity index is 364. The van der Waals surface area contributed by atoms with Crippen molar-refractivity contribution in [3.05, 3.63) is 18.2 Å². The van der Waals surface area contributed by atoms with Crippen LogP contribution in [0.25, 0.3) is 0 Å². The number of benzene rings is 1. The van der Waals surface area contributed by atoms with E-state index in [1.807, 2.05) is 32.0 Å². The van der Waals surface area contributed by atoms with Crippen LogP contribution >= 0.6 is 11.8 Å². The Balaban J connectivity index is 2.70. The van der Waals surface area contributed by atoms with Gasteiger partial charge in [0.1, 0.15) is 0 Å². The van der Waals surface area contributed by atoms with Crippen molar-refractivity contribution in [1.82, 2.24) is 0 Å². The molecule has 1 aromatic rings. The molecule has 0 bridgehead atoms. The first-order valence-corrected chi connectivity index (χ1v) is 7.32. The van der Waals surface area contributed by atoms with E-state index in [1.54, 1.807) is 26.0 Å². The number of methoxy groups -OCH3 is 2. The summed E-state index contributed by atoms with van der Waals surface area (Å²) in [5.74, 6) is 2.20. The lowest BCUT2D eigenvalue weighted by molar-refractivity contribution is -0.120.